The topological polar surface area (TPSA) is 121 Å². The van der Waals surface area contributed by atoms with Crippen molar-refractivity contribution in [3.8, 4) is 0 Å². The normalized spacial score (nSPS) is 11.3. The number of hydrogen-bond donors (Lipinski definition) is 2. The minimum Gasteiger partial charge on any atom is -0.326 e. The molecule has 0 saturated carbocycles. The summed E-state index contributed by atoms with van der Waals surface area (Å²) in [5, 5.41) is 14.4. The Morgan fingerprint density at radius 2 is 1.97 bits per heavy atom. The number of carbonyl (C=O) groups is 1. The van der Waals surface area contributed by atoms with Gasteiger partial charge in [0.1, 0.15) is 5.82 Å². The van der Waals surface area contributed by atoms with E-state index >= 15 is 0 Å². The summed E-state index contributed by atoms with van der Waals surface area (Å²) < 4.78 is 0. The molecule has 3 rings (SSSR count). The van der Waals surface area contributed by atoms with Gasteiger partial charge in [0.15, 0.2) is 0 Å². The van der Waals surface area contributed by atoms with Gasteiger partial charge in [0.25, 0.3) is 11.2 Å². The van der Waals surface area contributed by atoms with Gasteiger partial charge in [-0.25, -0.2) is 4.98 Å². The Balaban J connectivity index is 1.67. The molecule has 1 heterocycles. The van der Waals surface area contributed by atoms with Crippen LogP contribution in [0, 0.1) is 17.0 Å². The van der Waals surface area contributed by atoms with Gasteiger partial charge < -0.3 is 10.3 Å². The highest BCUT2D eigenvalue weighted by Crippen LogP contribution is 2.25. The summed E-state index contributed by atoms with van der Waals surface area (Å²) in [5.74, 6) is 0.293. The lowest BCUT2D eigenvalue weighted by molar-refractivity contribution is -0.385. The van der Waals surface area contributed by atoms with Gasteiger partial charge in [0.2, 0.25) is 5.91 Å². The zero-order chi connectivity index (χ0) is 22.5. The quantitative estimate of drug-likeness (QED) is 0.423. The van der Waals surface area contributed by atoms with Crippen LogP contribution in [0.5, 0.6) is 0 Å². The highest BCUT2D eigenvalue weighted by Gasteiger charge is 2.17. The van der Waals surface area contributed by atoms with Crippen molar-refractivity contribution in [2.75, 3.05) is 11.9 Å². The average Bonchev–Trinajstić information content (AvgIpc) is 2.72. The molecule has 2 N–H and O–H groups in total. The van der Waals surface area contributed by atoms with Crippen LogP contribution < -0.4 is 10.9 Å². The number of amides is 1. The summed E-state index contributed by atoms with van der Waals surface area (Å²) in [4.78, 5) is 44.8. The second kappa shape index (κ2) is 9.48. The third kappa shape index (κ3) is 5.32. The van der Waals surface area contributed by atoms with E-state index in [4.69, 9.17) is 0 Å². The van der Waals surface area contributed by atoms with E-state index in [9.17, 15) is 19.7 Å². The molecule has 9 nitrogen and oxygen atoms in total. The number of nitrogens with zero attached hydrogens (tertiary/aromatic N) is 3. The monoisotopic (exact) mass is 423 g/mol. The van der Waals surface area contributed by atoms with Crippen molar-refractivity contribution >= 4 is 28.2 Å². The van der Waals surface area contributed by atoms with Gasteiger partial charge in [-0.3, -0.25) is 24.6 Å². The molecule has 162 valence electrons. The van der Waals surface area contributed by atoms with Gasteiger partial charge in [-0.05, 0) is 39.0 Å². The highest BCUT2D eigenvalue weighted by molar-refractivity contribution is 5.92. The lowest BCUT2D eigenvalue weighted by Crippen LogP contribution is -2.34. The highest BCUT2D eigenvalue weighted by atomic mass is 16.6. The van der Waals surface area contributed by atoms with Gasteiger partial charge in [-0.15, -0.1) is 0 Å². The Labute approximate surface area is 179 Å². The van der Waals surface area contributed by atoms with Gasteiger partial charge in [-0.2, -0.15) is 0 Å². The SMILES string of the molecule is Cc1c(NC(=O)CCN(Cc2nc3ccccc3c(=O)[nH]2)C(C)C)cccc1[N+](=O)[O-]. The minimum atomic E-state index is -0.469. The van der Waals surface area contributed by atoms with Crippen LogP contribution in [0.4, 0.5) is 11.4 Å². The number of hydrogen-bond acceptors (Lipinski definition) is 6. The van der Waals surface area contributed by atoms with Crippen LogP contribution in [0.3, 0.4) is 0 Å². The van der Waals surface area contributed by atoms with Crippen molar-refractivity contribution < 1.29 is 9.72 Å². The van der Waals surface area contributed by atoms with E-state index in [0.717, 1.165) is 0 Å². The van der Waals surface area contributed by atoms with Crippen LogP contribution in [0.2, 0.25) is 0 Å². The van der Waals surface area contributed by atoms with Gasteiger partial charge >= 0.3 is 0 Å². The first kappa shape index (κ1) is 22.1. The fraction of sp³-hybridized carbons (Fsp3) is 0.318. The first-order valence-corrected chi connectivity index (χ1v) is 10.0. The maximum absolute atomic E-state index is 12.5. The number of nitro groups is 1. The number of rotatable bonds is 8. The first-order chi connectivity index (χ1) is 14.8. The number of H-pyrrole nitrogens is 1. The molecule has 9 heteroatoms. The molecule has 0 fully saturated rings. The predicted octanol–water partition coefficient (Wildman–Crippen LogP) is 3.38. The van der Waals surface area contributed by atoms with Crippen molar-refractivity contribution in [1.29, 1.82) is 0 Å². The van der Waals surface area contributed by atoms with Crippen LogP contribution in [0.15, 0.2) is 47.3 Å². The van der Waals surface area contributed by atoms with Crippen LogP contribution in [-0.4, -0.2) is 38.3 Å². The second-order valence-corrected chi connectivity index (χ2v) is 7.60. The number of carbonyl (C=O) groups excluding carboxylic acids is 1. The van der Waals surface area contributed by atoms with Crippen molar-refractivity contribution in [3.05, 3.63) is 74.3 Å². The van der Waals surface area contributed by atoms with Gasteiger partial charge in [-0.1, -0.05) is 18.2 Å². The Morgan fingerprint density at radius 3 is 2.68 bits per heavy atom. The number of benzene rings is 2. The Morgan fingerprint density at radius 1 is 1.23 bits per heavy atom. The molecule has 0 unspecified atom stereocenters. The van der Waals surface area contributed by atoms with E-state index in [-0.39, 0.29) is 29.6 Å². The standard InChI is InChI=1S/C22H25N5O4/c1-14(2)26(13-20-23-18-8-5-4-7-16(18)22(29)25-20)12-11-21(28)24-17-9-6-10-19(15(17)3)27(30)31/h4-10,14H,11-13H2,1-3H3,(H,24,28)(H,23,25,29). The van der Waals surface area contributed by atoms with Gasteiger partial charge in [0.05, 0.1) is 33.6 Å². The molecule has 0 aliphatic rings. The number of nitrogens with one attached hydrogen (secondary N) is 2. The number of anilines is 1. The number of aromatic amines is 1. The van der Waals surface area contributed by atoms with Crippen molar-refractivity contribution in [2.24, 2.45) is 0 Å². The van der Waals surface area contributed by atoms with Crippen molar-refractivity contribution in [3.63, 3.8) is 0 Å². The molecule has 0 atom stereocenters. The van der Waals surface area contributed by atoms with Crippen LogP contribution in [0.1, 0.15) is 31.7 Å². The summed E-state index contributed by atoms with van der Waals surface area (Å²) in [5.41, 5.74) is 1.25. The summed E-state index contributed by atoms with van der Waals surface area (Å²) in [6, 6.07) is 11.9. The fourth-order valence-corrected chi connectivity index (χ4v) is 3.34. The fourth-order valence-electron chi connectivity index (χ4n) is 3.34. The first-order valence-electron chi connectivity index (χ1n) is 10.0. The van der Waals surface area contributed by atoms with Crippen molar-refractivity contribution in [1.82, 2.24) is 14.9 Å². The smallest absolute Gasteiger partial charge is 0.274 e. The largest absolute Gasteiger partial charge is 0.326 e. The van der Waals surface area contributed by atoms with E-state index in [1.807, 2.05) is 24.8 Å². The number of aromatic nitrogens is 2. The number of nitro benzene ring substituents is 1. The van der Waals surface area contributed by atoms with Crippen LogP contribution in [0.25, 0.3) is 10.9 Å². The molecule has 3 aromatic rings. The average molecular weight is 423 g/mol. The van der Waals surface area contributed by atoms with Gasteiger partial charge in [0, 0.05) is 25.1 Å². The summed E-state index contributed by atoms with van der Waals surface area (Å²) in [6.45, 7) is 6.44. The molecular formula is C22H25N5O4. The van der Waals surface area contributed by atoms with Crippen LogP contribution in [-0.2, 0) is 11.3 Å². The summed E-state index contributed by atoms with van der Waals surface area (Å²) >= 11 is 0. The van der Waals surface area contributed by atoms with E-state index < -0.39 is 4.92 Å². The minimum absolute atomic E-state index is 0.0343. The third-order valence-corrected chi connectivity index (χ3v) is 5.15. The lowest BCUT2D eigenvalue weighted by atomic mass is 10.1. The Kier molecular flexibility index (Phi) is 6.76. The van der Waals surface area contributed by atoms with E-state index in [1.165, 1.54) is 6.07 Å². The van der Waals surface area contributed by atoms with E-state index in [2.05, 4.69) is 15.3 Å². The molecule has 0 aliphatic carbocycles. The number of para-hydroxylation sites is 1. The molecule has 0 bridgehead atoms. The zero-order valence-corrected chi connectivity index (χ0v) is 17.7. The molecule has 31 heavy (non-hydrogen) atoms. The van der Waals surface area contributed by atoms with E-state index in [1.54, 1.807) is 37.3 Å². The molecule has 0 saturated heterocycles. The Bertz CT molecular complexity index is 1170. The van der Waals surface area contributed by atoms with Crippen LogP contribution >= 0.6 is 0 Å². The molecule has 0 spiro atoms. The summed E-state index contributed by atoms with van der Waals surface area (Å²) in [6.07, 6.45) is 0.193. The molecule has 1 aromatic heterocycles. The lowest BCUT2D eigenvalue weighted by Gasteiger charge is -2.25. The molecule has 0 radical (unpaired) electrons. The maximum atomic E-state index is 12.5. The third-order valence-electron chi connectivity index (χ3n) is 5.15. The zero-order valence-electron chi connectivity index (χ0n) is 17.7. The Hall–Kier alpha value is -3.59. The number of fused-ring (bicyclic) bond motifs is 1. The second-order valence-electron chi connectivity index (χ2n) is 7.60. The summed E-state index contributed by atoms with van der Waals surface area (Å²) in [7, 11) is 0. The predicted molar refractivity (Wildman–Crippen MR) is 119 cm³/mol. The van der Waals surface area contributed by atoms with E-state index in [0.29, 0.717) is 41.1 Å². The molecule has 1 amide bonds. The molecule has 2 aromatic carbocycles. The molecule has 0 aliphatic heterocycles. The maximum Gasteiger partial charge on any atom is 0.274 e. The molecular weight excluding hydrogens is 398 g/mol. The van der Waals surface area contributed by atoms with Crippen molar-refractivity contribution in [2.45, 2.75) is 39.8 Å².